The Kier molecular flexibility index (Phi) is 2.51. The van der Waals surface area contributed by atoms with Crippen molar-refractivity contribution < 1.29 is 0 Å². The van der Waals surface area contributed by atoms with Crippen LogP contribution in [-0.4, -0.2) is 4.98 Å². The van der Waals surface area contributed by atoms with E-state index in [2.05, 4.69) is 43.5 Å². The van der Waals surface area contributed by atoms with Gasteiger partial charge >= 0.3 is 0 Å². The summed E-state index contributed by atoms with van der Waals surface area (Å²) >= 11 is 5.56. The maximum Gasteiger partial charge on any atom is 0.137 e. The summed E-state index contributed by atoms with van der Waals surface area (Å²) < 4.78 is 2.03. The van der Waals surface area contributed by atoms with Gasteiger partial charge in [-0.05, 0) is 51.0 Å². The van der Waals surface area contributed by atoms with Crippen molar-refractivity contribution in [1.29, 1.82) is 0 Å². The molecule has 0 aromatic carbocycles. The fourth-order valence-corrected chi connectivity index (χ4v) is 1.44. The maximum absolute atomic E-state index is 5.54. The SMILES string of the molecule is Cc1cnc(N)c(I)c1Br. The van der Waals surface area contributed by atoms with Crippen LogP contribution in [0.3, 0.4) is 0 Å². The molecule has 0 aliphatic carbocycles. The van der Waals surface area contributed by atoms with Gasteiger partial charge < -0.3 is 5.73 Å². The monoisotopic (exact) mass is 312 g/mol. The highest BCUT2D eigenvalue weighted by atomic mass is 127. The Bertz CT molecular complexity index is 235. The molecule has 0 spiro atoms. The second-order valence-corrected chi connectivity index (χ2v) is 3.83. The number of aromatic nitrogens is 1. The van der Waals surface area contributed by atoms with Crippen LogP contribution in [0, 0.1) is 10.5 Å². The Hall–Kier alpha value is 0.160. The Labute approximate surface area is 81.5 Å². The average Bonchev–Trinajstić information content (AvgIpc) is 1.93. The van der Waals surface area contributed by atoms with Crippen LogP contribution >= 0.6 is 38.5 Å². The fraction of sp³-hybridized carbons (Fsp3) is 0.167. The lowest BCUT2D eigenvalue weighted by Crippen LogP contribution is -1.95. The number of hydrogen-bond donors (Lipinski definition) is 1. The molecule has 1 rings (SSSR count). The van der Waals surface area contributed by atoms with Crippen molar-refractivity contribution in [2.75, 3.05) is 5.73 Å². The van der Waals surface area contributed by atoms with Crippen molar-refractivity contribution >= 4 is 44.3 Å². The van der Waals surface area contributed by atoms with E-state index in [0.717, 1.165) is 13.6 Å². The zero-order valence-corrected chi connectivity index (χ0v) is 9.10. The Morgan fingerprint density at radius 2 is 2.30 bits per heavy atom. The van der Waals surface area contributed by atoms with E-state index in [-0.39, 0.29) is 0 Å². The molecule has 0 bridgehead atoms. The van der Waals surface area contributed by atoms with E-state index in [1.54, 1.807) is 6.20 Å². The number of pyridine rings is 1. The minimum Gasteiger partial charge on any atom is -0.383 e. The molecule has 0 aliphatic heterocycles. The summed E-state index contributed by atoms with van der Waals surface area (Å²) in [5, 5.41) is 0. The highest BCUT2D eigenvalue weighted by molar-refractivity contribution is 14.1. The number of aryl methyl sites for hydroxylation is 1. The van der Waals surface area contributed by atoms with Gasteiger partial charge in [0.15, 0.2) is 0 Å². The summed E-state index contributed by atoms with van der Waals surface area (Å²) in [6.07, 6.45) is 1.75. The summed E-state index contributed by atoms with van der Waals surface area (Å²) in [7, 11) is 0. The predicted octanol–water partition coefficient (Wildman–Crippen LogP) is 2.34. The number of nitrogens with zero attached hydrogens (tertiary/aromatic N) is 1. The van der Waals surface area contributed by atoms with E-state index >= 15 is 0 Å². The number of halogens is 2. The molecule has 1 aromatic heterocycles. The molecule has 10 heavy (non-hydrogen) atoms. The van der Waals surface area contributed by atoms with Gasteiger partial charge in [-0.15, -0.1) is 0 Å². The number of nitrogen functional groups attached to an aromatic ring is 1. The standard InChI is InChI=1S/C6H6BrIN2/c1-3-2-10-6(9)5(8)4(3)7/h2H,1H3,(H2,9,10). The van der Waals surface area contributed by atoms with Crippen LogP contribution < -0.4 is 5.73 Å². The lowest BCUT2D eigenvalue weighted by molar-refractivity contribution is 1.24. The fourth-order valence-electron chi connectivity index (χ4n) is 0.565. The highest BCUT2D eigenvalue weighted by Gasteiger charge is 2.03. The van der Waals surface area contributed by atoms with Gasteiger partial charge in [0.25, 0.3) is 0 Å². The van der Waals surface area contributed by atoms with E-state index in [1.165, 1.54) is 0 Å². The van der Waals surface area contributed by atoms with Crippen molar-refractivity contribution in [2.24, 2.45) is 0 Å². The van der Waals surface area contributed by atoms with Gasteiger partial charge in [0.1, 0.15) is 5.82 Å². The van der Waals surface area contributed by atoms with E-state index in [9.17, 15) is 0 Å². The summed E-state index contributed by atoms with van der Waals surface area (Å²) in [6, 6.07) is 0. The Morgan fingerprint density at radius 3 is 2.80 bits per heavy atom. The molecule has 0 saturated carbocycles. The quantitative estimate of drug-likeness (QED) is 0.747. The normalized spacial score (nSPS) is 9.90. The van der Waals surface area contributed by atoms with Crippen LogP contribution in [0.15, 0.2) is 10.7 Å². The first-order valence-corrected chi connectivity index (χ1v) is 4.56. The molecule has 0 radical (unpaired) electrons. The third kappa shape index (κ3) is 1.42. The van der Waals surface area contributed by atoms with Gasteiger partial charge in [-0.25, -0.2) is 4.98 Å². The molecule has 2 nitrogen and oxygen atoms in total. The van der Waals surface area contributed by atoms with Crippen molar-refractivity contribution in [1.82, 2.24) is 4.98 Å². The van der Waals surface area contributed by atoms with Crippen LogP contribution in [0.4, 0.5) is 5.82 Å². The molecule has 0 amide bonds. The topological polar surface area (TPSA) is 38.9 Å². The van der Waals surface area contributed by atoms with Gasteiger partial charge in [0, 0.05) is 10.7 Å². The lowest BCUT2D eigenvalue weighted by atomic mass is 10.3. The summed E-state index contributed by atoms with van der Waals surface area (Å²) in [5.41, 5.74) is 6.65. The average molecular weight is 313 g/mol. The van der Waals surface area contributed by atoms with Crippen molar-refractivity contribution in [3.05, 3.63) is 19.8 Å². The zero-order valence-electron chi connectivity index (χ0n) is 5.36. The largest absolute Gasteiger partial charge is 0.383 e. The zero-order chi connectivity index (χ0) is 7.72. The second kappa shape index (κ2) is 3.04. The first kappa shape index (κ1) is 8.26. The van der Waals surface area contributed by atoms with Gasteiger partial charge in [-0.1, -0.05) is 0 Å². The minimum atomic E-state index is 0.582. The molecule has 4 heteroatoms. The molecule has 0 fully saturated rings. The summed E-state index contributed by atoms with van der Waals surface area (Å²) in [6.45, 7) is 1.98. The second-order valence-electron chi connectivity index (χ2n) is 1.95. The van der Waals surface area contributed by atoms with E-state index in [4.69, 9.17) is 5.73 Å². The van der Waals surface area contributed by atoms with Crippen molar-refractivity contribution in [2.45, 2.75) is 6.92 Å². The lowest BCUT2D eigenvalue weighted by Gasteiger charge is -2.01. The Morgan fingerprint density at radius 1 is 1.70 bits per heavy atom. The van der Waals surface area contributed by atoms with E-state index in [1.807, 2.05) is 6.92 Å². The summed E-state index contributed by atoms with van der Waals surface area (Å²) in [4.78, 5) is 3.98. The third-order valence-electron chi connectivity index (χ3n) is 1.16. The van der Waals surface area contributed by atoms with Gasteiger partial charge in [0.05, 0.1) is 3.57 Å². The molecular weight excluding hydrogens is 307 g/mol. The van der Waals surface area contributed by atoms with Crippen LogP contribution in [0.1, 0.15) is 5.56 Å². The molecule has 0 atom stereocenters. The van der Waals surface area contributed by atoms with Crippen molar-refractivity contribution in [3.63, 3.8) is 0 Å². The van der Waals surface area contributed by atoms with E-state index in [0.29, 0.717) is 5.82 Å². The third-order valence-corrected chi connectivity index (χ3v) is 4.02. The van der Waals surface area contributed by atoms with Crippen LogP contribution in [0.5, 0.6) is 0 Å². The number of rotatable bonds is 0. The van der Waals surface area contributed by atoms with E-state index < -0.39 is 0 Å². The number of anilines is 1. The molecule has 1 aromatic rings. The van der Waals surface area contributed by atoms with Gasteiger partial charge in [0.2, 0.25) is 0 Å². The van der Waals surface area contributed by atoms with Crippen LogP contribution in [0.25, 0.3) is 0 Å². The molecule has 0 unspecified atom stereocenters. The minimum absolute atomic E-state index is 0.582. The molecular formula is C6H6BrIN2. The highest BCUT2D eigenvalue weighted by Crippen LogP contribution is 2.25. The van der Waals surface area contributed by atoms with Crippen molar-refractivity contribution in [3.8, 4) is 0 Å². The van der Waals surface area contributed by atoms with Gasteiger partial charge in [-0.2, -0.15) is 0 Å². The predicted molar refractivity (Wildman–Crippen MR) is 53.8 cm³/mol. The summed E-state index contributed by atoms with van der Waals surface area (Å²) in [5.74, 6) is 0.582. The van der Waals surface area contributed by atoms with Gasteiger partial charge in [-0.3, -0.25) is 0 Å². The van der Waals surface area contributed by atoms with Crippen LogP contribution in [-0.2, 0) is 0 Å². The smallest absolute Gasteiger partial charge is 0.137 e. The first-order chi connectivity index (χ1) is 4.63. The molecule has 54 valence electrons. The Balaban J connectivity index is 3.34. The molecule has 1 heterocycles. The number of hydrogen-bond acceptors (Lipinski definition) is 2. The molecule has 0 aliphatic rings. The maximum atomic E-state index is 5.54. The molecule has 2 N–H and O–H groups in total. The van der Waals surface area contributed by atoms with Crippen LogP contribution in [0.2, 0.25) is 0 Å². The number of nitrogens with two attached hydrogens (primary N) is 1. The first-order valence-electron chi connectivity index (χ1n) is 2.69. The molecule has 0 saturated heterocycles.